The van der Waals surface area contributed by atoms with Crippen molar-refractivity contribution < 1.29 is 9.13 Å². The highest BCUT2D eigenvalue weighted by Crippen LogP contribution is 2.34. The fraction of sp³-hybridized carbons (Fsp3) is 0.200. The minimum absolute atomic E-state index is 0.318. The lowest BCUT2D eigenvalue weighted by Crippen LogP contribution is -2.13. The molecule has 0 aromatic heterocycles. The van der Waals surface area contributed by atoms with Gasteiger partial charge < -0.3 is 10.1 Å². The molecule has 0 aliphatic heterocycles. The average molecular weight is 314 g/mol. The second-order valence-electron chi connectivity index (χ2n) is 4.17. The van der Waals surface area contributed by atoms with E-state index < -0.39 is 0 Å². The fourth-order valence-electron chi connectivity index (χ4n) is 1.73. The number of benzene rings is 2. The van der Waals surface area contributed by atoms with Gasteiger partial charge in [-0.05, 0) is 30.8 Å². The van der Waals surface area contributed by atoms with E-state index in [1.807, 2.05) is 6.92 Å². The second kappa shape index (κ2) is 6.93. The molecule has 2 rings (SSSR count). The van der Waals surface area contributed by atoms with Gasteiger partial charge in [-0.2, -0.15) is 0 Å². The molecule has 20 heavy (non-hydrogen) atoms. The van der Waals surface area contributed by atoms with Gasteiger partial charge in [-0.1, -0.05) is 36.2 Å². The van der Waals surface area contributed by atoms with Crippen LogP contribution in [0.25, 0.3) is 0 Å². The third kappa shape index (κ3) is 3.63. The van der Waals surface area contributed by atoms with E-state index in [1.165, 1.54) is 6.07 Å². The number of nitrogens with one attached hydrogen (secondary N) is 1. The molecule has 0 saturated carbocycles. The lowest BCUT2D eigenvalue weighted by atomic mass is 10.2. The SMILES string of the molecule is CCNCc1c(F)cccc1Oc1cc(Cl)ccc1Cl. The molecule has 0 bridgehead atoms. The number of ether oxygens (including phenoxy) is 1. The summed E-state index contributed by atoms with van der Waals surface area (Å²) in [6.07, 6.45) is 0. The number of halogens is 3. The molecule has 2 aromatic carbocycles. The van der Waals surface area contributed by atoms with Gasteiger partial charge >= 0.3 is 0 Å². The second-order valence-corrected chi connectivity index (χ2v) is 5.02. The van der Waals surface area contributed by atoms with Crippen LogP contribution in [-0.2, 0) is 6.54 Å². The molecule has 0 aliphatic carbocycles. The summed E-state index contributed by atoms with van der Waals surface area (Å²) in [5.41, 5.74) is 0.463. The highest BCUT2D eigenvalue weighted by Gasteiger charge is 2.12. The molecule has 0 amide bonds. The molecule has 0 unspecified atom stereocenters. The Morgan fingerprint density at radius 1 is 1.15 bits per heavy atom. The molecule has 0 aliphatic rings. The van der Waals surface area contributed by atoms with Gasteiger partial charge in [0.1, 0.15) is 17.3 Å². The number of hydrogen-bond acceptors (Lipinski definition) is 2. The van der Waals surface area contributed by atoms with E-state index in [-0.39, 0.29) is 5.82 Å². The third-order valence-corrected chi connectivity index (χ3v) is 3.29. The minimum Gasteiger partial charge on any atom is -0.455 e. The van der Waals surface area contributed by atoms with Gasteiger partial charge in [-0.25, -0.2) is 4.39 Å². The molecule has 106 valence electrons. The van der Waals surface area contributed by atoms with Crippen LogP contribution in [0.3, 0.4) is 0 Å². The first-order valence-corrected chi connectivity index (χ1v) is 6.98. The van der Waals surface area contributed by atoms with Gasteiger partial charge in [0.25, 0.3) is 0 Å². The Bertz CT molecular complexity index is 604. The maximum absolute atomic E-state index is 13.9. The van der Waals surface area contributed by atoms with Crippen LogP contribution in [0.2, 0.25) is 10.0 Å². The van der Waals surface area contributed by atoms with Crippen LogP contribution in [0, 0.1) is 5.82 Å². The van der Waals surface area contributed by atoms with Gasteiger partial charge in [0.05, 0.1) is 5.02 Å². The molecule has 0 fully saturated rings. The molecule has 2 aromatic rings. The molecule has 0 atom stereocenters. The lowest BCUT2D eigenvalue weighted by Gasteiger charge is -2.13. The van der Waals surface area contributed by atoms with Gasteiger partial charge in [0.2, 0.25) is 0 Å². The largest absolute Gasteiger partial charge is 0.455 e. The Morgan fingerprint density at radius 3 is 2.70 bits per heavy atom. The van der Waals surface area contributed by atoms with E-state index in [0.29, 0.717) is 33.7 Å². The predicted octanol–water partition coefficient (Wildman–Crippen LogP) is 5.03. The molecule has 0 heterocycles. The Kier molecular flexibility index (Phi) is 5.24. The Morgan fingerprint density at radius 2 is 1.95 bits per heavy atom. The zero-order chi connectivity index (χ0) is 14.5. The summed E-state index contributed by atoms with van der Waals surface area (Å²) in [4.78, 5) is 0. The van der Waals surface area contributed by atoms with E-state index in [0.717, 1.165) is 6.54 Å². The summed E-state index contributed by atoms with van der Waals surface area (Å²) in [6, 6.07) is 9.61. The molecule has 2 nitrogen and oxygen atoms in total. The maximum Gasteiger partial charge on any atom is 0.147 e. The normalized spacial score (nSPS) is 10.6. The van der Waals surface area contributed by atoms with E-state index in [9.17, 15) is 4.39 Å². The van der Waals surface area contributed by atoms with Crippen molar-refractivity contribution in [1.29, 1.82) is 0 Å². The summed E-state index contributed by atoms with van der Waals surface area (Å²) in [6.45, 7) is 3.08. The van der Waals surface area contributed by atoms with E-state index in [2.05, 4.69) is 5.32 Å². The molecular formula is C15H14Cl2FNO. The van der Waals surface area contributed by atoms with Crippen LogP contribution in [-0.4, -0.2) is 6.54 Å². The van der Waals surface area contributed by atoms with Crippen LogP contribution in [0.1, 0.15) is 12.5 Å². The van der Waals surface area contributed by atoms with Crippen molar-refractivity contribution in [3.63, 3.8) is 0 Å². The van der Waals surface area contributed by atoms with E-state index in [1.54, 1.807) is 30.3 Å². The lowest BCUT2D eigenvalue weighted by molar-refractivity contribution is 0.463. The van der Waals surface area contributed by atoms with Crippen LogP contribution in [0.4, 0.5) is 4.39 Å². The van der Waals surface area contributed by atoms with Crippen LogP contribution >= 0.6 is 23.2 Å². The molecular weight excluding hydrogens is 300 g/mol. The zero-order valence-electron chi connectivity index (χ0n) is 10.9. The number of rotatable bonds is 5. The Balaban J connectivity index is 2.33. The van der Waals surface area contributed by atoms with Gasteiger partial charge in [-0.3, -0.25) is 0 Å². The van der Waals surface area contributed by atoms with Crippen molar-refractivity contribution in [2.75, 3.05) is 6.54 Å². The van der Waals surface area contributed by atoms with Crippen molar-refractivity contribution in [3.8, 4) is 11.5 Å². The highest BCUT2D eigenvalue weighted by atomic mass is 35.5. The first-order valence-electron chi connectivity index (χ1n) is 6.23. The quantitative estimate of drug-likeness (QED) is 0.835. The van der Waals surface area contributed by atoms with Crippen molar-refractivity contribution in [2.24, 2.45) is 0 Å². The maximum atomic E-state index is 13.9. The standard InChI is InChI=1S/C15H14Cl2FNO/c1-2-19-9-11-13(18)4-3-5-14(11)20-15-8-10(16)6-7-12(15)17/h3-8,19H,2,9H2,1H3. The summed E-state index contributed by atoms with van der Waals surface area (Å²) in [5.74, 6) is 0.513. The smallest absolute Gasteiger partial charge is 0.147 e. The van der Waals surface area contributed by atoms with Gasteiger partial charge in [0, 0.05) is 23.2 Å². The van der Waals surface area contributed by atoms with E-state index in [4.69, 9.17) is 27.9 Å². The Labute approximate surface area is 127 Å². The number of hydrogen-bond donors (Lipinski definition) is 1. The predicted molar refractivity (Wildman–Crippen MR) is 80.3 cm³/mol. The van der Waals surface area contributed by atoms with Crippen LogP contribution in [0.15, 0.2) is 36.4 Å². The highest BCUT2D eigenvalue weighted by molar-refractivity contribution is 6.34. The first-order chi connectivity index (χ1) is 9.61. The third-order valence-electron chi connectivity index (χ3n) is 2.74. The first kappa shape index (κ1) is 15.1. The van der Waals surface area contributed by atoms with Gasteiger partial charge in [-0.15, -0.1) is 0 Å². The summed E-state index contributed by atoms with van der Waals surface area (Å²) in [7, 11) is 0. The summed E-state index contributed by atoms with van der Waals surface area (Å²) < 4.78 is 19.6. The summed E-state index contributed by atoms with van der Waals surface area (Å²) >= 11 is 12.0. The van der Waals surface area contributed by atoms with Crippen molar-refractivity contribution in [2.45, 2.75) is 13.5 Å². The molecule has 5 heteroatoms. The zero-order valence-corrected chi connectivity index (χ0v) is 12.4. The van der Waals surface area contributed by atoms with Crippen molar-refractivity contribution >= 4 is 23.2 Å². The molecule has 0 saturated heterocycles. The molecule has 0 radical (unpaired) electrons. The fourth-order valence-corrected chi connectivity index (χ4v) is 2.05. The van der Waals surface area contributed by atoms with Crippen LogP contribution < -0.4 is 10.1 Å². The van der Waals surface area contributed by atoms with Gasteiger partial charge in [0.15, 0.2) is 0 Å². The molecule has 0 spiro atoms. The minimum atomic E-state index is -0.318. The van der Waals surface area contributed by atoms with Crippen molar-refractivity contribution in [1.82, 2.24) is 5.32 Å². The average Bonchev–Trinajstić information content (AvgIpc) is 2.42. The van der Waals surface area contributed by atoms with E-state index >= 15 is 0 Å². The topological polar surface area (TPSA) is 21.3 Å². The summed E-state index contributed by atoms with van der Waals surface area (Å²) in [5, 5.41) is 4.01. The van der Waals surface area contributed by atoms with Crippen LogP contribution in [0.5, 0.6) is 11.5 Å². The monoisotopic (exact) mass is 313 g/mol. The molecule has 1 N–H and O–H groups in total. The van der Waals surface area contributed by atoms with Crippen molar-refractivity contribution in [3.05, 3.63) is 57.8 Å². The Hall–Kier alpha value is -1.29.